The number of nitrogens with two attached hydrogens (primary N) is 1. The molecule has 108 valence electrons. The maximum atomic E-state index is 5.76. The molecule has 1 saturated heterocycles. The van der Waals surface area contributed by atoms with E-state index in [-0.39, 0.29) is 5.54 Å². The lowest BCUT2D eigenvalue weighted by Gasteiger charge is -2.31. The van der Waals surface area contributed by atoms with E-state index in [9.17, 15) is 0 Å². The van der Waals surface area contributed by atoms with Crippen molar-refractivity contribution in [3.05, 3.63) is 18.2 Å². The highest BCUT2D eigenvalue weighted by Gasteiger charge is 2.30. The second kappa shape index (κ2) is 5.20. The number of hydrogen-bond donors (Lipinski definition) is 1. The van der Waals surface area contributed by atoms with Crippen molar-refractivity contribution in [2.24, 2.45) is 0 Å². The molecule has 1 fully saturated rings. The molecule has 0 bridgehead atoms. The van der Waals surface area contributed by atoms with Gasteiger partial charge in [0.2, 0.25) is 0 Å². The van der Waals surface area contributed by atoms with Crippen molar-refractivity contribution in [1.82, 2.24) is 9.88 Å². The summed E-state index contributed by atoms with van der Waals surface area (Å²) in [6.07, 6.45) is 1.27. The molecule has 0 spiro atoms. The molecular formula is C15H21N3S2. The molecule has 0 amide bonds. The Kier molecular flexibility index (Phi) is 3.69. The molecular weight excluding hydrogens is 286 g/mol. The van der Waals surface area contributed by atoms with E-state index in [4.69, 9.17) is 5.73 Å². The number of hydrogen-bond acceptors (Lipinski definition) is 5. The predicted molar refractivity (Wildman–Crippen MR) is 89.6 cm³/mol. The molecule has 5 heteroatoms. The highest BCUT2D eigenvalue weighted by Crippen LogP contribution is 2.35. The predicted octanol–water partition coefficient (Wildman–Crippen LogP) is 3.84. The third kappa shape index (κ3) is 2.95. The van der Waals surface area contributed by atoms with Gasteiger partial charge in [-0.15, -0.1) is 11.8 Å². The van der Waals surface area contributed by atoms with Gasteiger partial charge in [0.15, 0.2) is 5.13 Å². The molecule has 2 heterocycles. The van der Waals surface area contributed by atoms with Gasteiger partial charge in [0.05, 0.1) is 10.2 Å². The number of rotatable bonds is 2. The minimum absolute atomic E-state index is 0.283. The Morgan fingerprint density at radius 1 is 1.40 bits per heavy atom. The van der Waals surface area contributed by atoms with E-state index in [2.05, 4.69) is 48.9 Å². The smallest absolute Gasteiger partial charge is 0.181 e. The Labute approximate surface area is 128 Å². The van der Waals surface area contributed by atoms with Gasteiger partial charge in [-0.1, -0.05) is 11.3 Å². The molecule has 1 atom stereocenters. The summed E-state index contributed by atoms with van der Waals surface area (Å²) in [5.41, 5.74) is 7.06. The molecule has 3 nitrogen and oxygen atoms in total. The quantitative estimate of drug-likeness (QED) is 0.915. The molecule has 0 radical (unpaired) electrons. The van der Waals surface area contributed by atoms with Crippen LogP contribution in [-0.4, -0.2) is 33.8 Å². The molecule has 0 aliphatic carbocycles. The summed E-state index contributed by atoms with van der Waals surface area (Å²) in [7, 11) is 0. The number of benzene rings is 1. The molecule has 1 aliphatic heterocycles. The molecule has 0 saturated carbocycles. The molecule has 2 aromatic rings. The third-order valence-corrected chi connectivity index (χ3v) is 5.86. The minimum atomic E-state index is 0.283. The van der Waals surface area contributed by atoms with Gasteiger partial charge in [-0.25, -0.2) is 4.98 Å². The van der Waals surface area contributed by atoms with E-state index in [1.807, 2.05) is 11.8 Å². The first kappa shape index (κ1) is 14.2. The van der Waals surface area contributed by atoms with Crippen LogP contribution in [0.15, 0.2) is 23.1 Å². The van der Waals surface area contributed by atoms with Crippen LogP contribution < -0.4 is 5.73 Å². The van der Waals surface area contributed by atoms with Crippen LogP contribution in [0, 0.1) is 0 Å². The average molecular weight is 307 g/mol. The van der Waals surface area contributed by atoms with Gasteiger partial charge in [0, 0.05) is 22.2 Å². The first-order chi connectivity index (χ1) is 9.41. The zero-order chi connectivity index (χ0) is 14.3. The lowest BCUT2D eigenvalue weighted by Crippen LogP contribution is -2.39. The number of nitrogen functional groups attached to an aromatic ring is 1. The lowest BCUT2D eigenvalue weighted by atomic mass is 10.1. The second-order valence-electron chi connectivity index (χ2n) is 6.33. The SMILES string of the molecule is CC(C)(C)N1CCC(Sc2ccc3nc(N)sc3c2)C1. The number of nitrogens with zero attached hydrogens (tertiary/aromatic N) is 2. The Hall–Kier alpha value is -0.780. The summed E-state index contributed by atoms with van der Waals surface area (Å²) in [6.45, 7) is 9.28. The monoisotopic (exact) mass is 307 g/mol. The maximum Gasteiger partial charge on any atom is 0.181 e. The Morgan fingerprint density at radius 3 is 2.90 bits per heavy atom. The first-order valence-electron chi connectivity index (χ1n) is 6.99. The molecule has 1 aliphatic rings. The van der Waals surface area contributed by atoms with E-state index in [1.54, 1.807) is 11.3 Å². The van der Waals surface area contributed by atoms with Gasteiger partial charge in [0.25, 0.3) is 0 Å². The fourth-order valence-electron chi connectivity index (χ4n) is 2.62. The molecule has 3 rings (SSSR count). The van der Waals surface area contributed by atoms with Gasteiger partial charge in [-0.2, -0.15) is 0 Å². The van der Waals surface area contributed by atoms with Gasteiger partial charge in [0.1, 0.15) is 0 Å². The summed E-state index contributed by atoms with van der Waals surface area (Å²) in [5, 5.41) is 1.35. The maximum absolute atomic E-state index is 5.76. The second-order valence-corrected chi connectivity index (χ2v) is 8.76. The molecule has 1 aromatic carbocycles. The Balaban J connectivity index is 1.71. The van der Waals surface area contributed by atoms with E-state index >= 15 is 0 Å². The molecule has 20 heavy (non-hydrogen) atoms. The van der Waals surface area contributed by atoms with Gasteiger partial charge in [-0.05, 0) is 51.9 Å². The largest absolute Gasteiger partial charge is 0.375 e. The summed E-state index contributed by atoms with van der Waals surface area (Å²) in [5.74, 6) is 0. The van der Waals surface area contributed by atoms with Crippen molar-refractivity contribution in [1.29, 1.82) is 0 Å². The van der Waals surface area contributed by atoms with Crippen molar-refractivity contribution in [3.8, 4) is 0 Å². The minimum Gasteiger partial charge on any atom is -0.375 e. The fourth-order valence-corrected chi connectivity index (χ4v) is 4.67. The van der Waals surface area contributed by atoms with Crippen molar-refractivity contribution in [3.63, 3.8) is 0 Å². The zero-order valence-corrected chi connectivity index (χ0v) is 13.9. The Morgan fingerprint density at radius 2 is 2.20 bits per heavy atom. The van der Waals surface area contributed by atoms with E-state index in [0.29, 0.717) is 10.4 Å². The number of aromatic nitrogens is 1. The number of anilines is 1. The van der Waals surface area contributed by atoms with Crippen molar-refractivity contribution in [2.45, 2.75) is 42.9 Å². The van der Waals surface area contributed by atoms with Crippen LogP contribution in [0.5, 0.6) is 0 Å². The van der Waals surface area contributed by atoms with Crippen LogP contribution in [0.3, 0.4) is 0 Å². The van der Waals surface area contributed by atoms with E-state index in [0.717, 1.165) is 5.52 Å². The van der Waals surface area contributed by atoms with Crippen LogP contribution in [-0.2, 0) is 0 Å². The normalized spacial score (nSPS) is 20.9. The first-order valence-corrected chi connectivity index (χ1v) is 8.69. The van der Waals surface area contributed by atoms with Crippen LogP contribution in [0.25, 0.3) is 10.2 Å². The van der Waals surface area contributed by atoms with Crippen molar-refractivity contribution < 1.29 is 0 Å². The van der Waals surface area contributed by atoms with Crippen LogP contribution in [0.1, 0.15) is 27.2 Å². The molecule has 1 unspecified atom stereocenters. The standard InChI is InChI=1S/C15H21N3S2/c1-15(2,3)18-7-6-11(9-18)19-10-4-5-12-13(8-10)20-14(16)17-12/h4-5,8,11H,6-7,9H2,1-3H3,(H2,16,17). The summed E-state index contributed by atoms with van der Waals surface area (Å²) in [4.78, 5) is 8.22. The van der Waals surface area contributed by atoms with Crippen molar-refractivity contribution in [2.75, 3.05) is 18.8 Å². The average Bonchev–Trinajstić information content (AvgIpc) is 2.93. The fraction of sp³-hybridized carbons (Fsp3) is 0.533. The number of likely N-dealkylation sites (tertiary alicyclic amines) is 1. The Bertz CT molecular complexity index is 615. The number of thiazole rings is 1. The third-order valence-electron chi connectivity index (χ3n) is 3.77. The summed E-state index contributed by atoms with van der Waals surface area (Å²) in [6, 6.07) is 6.49. The molecule has 2 N–H and O–H groups in total. The number of thioether (sulfide) groups is 1. The van der Waals surface area contributed by atoms with Crippen molar-refractivity contribution >= 4 is 38.4 Å². The lowest BCUT2D eigenvalue weighted by molar-refractivity contribution is 0.176. The van der Waals surface area contributed by atoms with E-state index in [1.165, 1.54) is 29.1 Å². The summed E-state index contributed by atoms with van der Waals surface area (Å²) >= 11 is 3.56. The van der Waals surface area contributed by atoms with E-state index < -0.39 is 0 Å². The topological polar surface area (TPSA) is 42.2 Å². The number of fused-ring (bicyclic) bond motifs is 1. The van der Waals surface area contributed by atoms with Gasteiger partial charge < -0.3 is 5.73 Å². The highest BCUT2D eigenvalue weighted by molar-refractivity contribution is 8.00. The van der Waals surface area contributed by atoms with Crippen LogP contribution in [0.4, 0.5) is 5.13 Å². The van der Waals surface area contributed by atoms with Gasteiger partial charge >= 0.3 is 0 Å². The van der Waals surface area contributed by atoms with Crippen LogP contribution in [0.2, 0.25) is 0 Å². The summed E-state index contributed by atoms with van der Waals surface area (Å²) < 4.78 is 1.19. The zero-order valence-electron chi connectivity index (χ0n) is 12.2. The van der Waals surface area contributed by atoms with Gasteiger partial charge in [-0.3, -0.25) is 4.90 Å². The van der Waals surface area contributed by atoms with Crippen LogP contribution >= 0.6 is 23.1 Å². The molecule has 1 aromatic heterocycles. The highest BCUT2D eigenvalue weighted by atomic mass is 32.2.